The minimum Gasteiger partial charge on any atom is -0.370 e. The fourth-order valence-electron chi connectivity index (χ4n) is 2.33. The summed E-state index contributed by atoms with van der Waals surface area (Å²) in [5.74, 6) is -2.70. The highest BCUT2D eigenvalue weighted by Crippen LogP contribution is 2.30. The molecule has 1 heterocycles. The molecule has 0 aliphatic heterocycles. The molecule has 1 saturated carbocycles. The Kier molecular flexibility index (Phi) is 6.58. The van der Waals surface area contributed by atoms with Crippen molar-refractivity contribution < 1.29 is 27.3 Å². The third-order valence-electron chi connectivity index (χ3n) is 4.06. The second-order valence-corrected chi connectivity index (χ2v) is 10.1. The smallest absolute Gasteiger partial charge is 0.296 e. The molecule has 11 heteroatoms. The summed E-state index contributed by atoms with van der Waals surface area (Å²) >= 11 is 0. The lowest BCUT2D eigenvalue weighted by Crippen LogP contribution is -2.44. The number of hydrogen-bond acceptors (Lipinski definition) is 8. The highest BCUT2D eigenvalue weighted by Gasteiger charge is 2.32. The number of carbonyl (C=O) groups excluding carboxylic acids is 3. The average molecular weight is 413 g/mol. The first-order valence-corrected chi connectivity index (χ1v) is 10.7. The summed E-state index contributed by atoms with van der Waals surface area (Å²) in [6.45, 7) is 5.48. The Hall–Kier alpha value is -2.30. The van der Waals surface area contributed by atoms with Crippen LogP contribution in [0, 0.1) is 12.3 Å². The van der Waals surface area contributed by atoms with Gasteiger partial charge in [-0.05, 0) is 18.8 Å². The third-order valence-corrected chi connectivity index (χ3v) is 5.71. The normalized spacial score (nSPS) is 15.8. The van der Waals surface area contributed by atoms with E-state index in [2.05, 4.69) is 15.5 Å². The minimum atomic E-state index is -3.39. The first kappa shape index (κ1) is 22.0. The maximum atomic E-state index is 12.6. The van der Waals surface area contributed by atoms with Gasteiger partial charge in [0.05, 0.1) is 24.3 Å². The Morgan fingerprint density at radius 3 is 2.46 bits per heavy atom. The van der Waals surface area contributed by atoms with Crippen molar-refractivity contribution >= 4 is 27.4 Å². The van der Waals surface area contributed by atoms with Crippen LogP contribution >= 0.6 is 0 Å². The predicted octanol–water partition coefficient (Wildman–Crippen LogP) is -0.0609. The molecule has 0 bridgehead atoms. The van der Waals surface area contributed by atoms with E-state index < -0.39 is 51.1 Å². The van der Waals surface area contributed by atoms with Crippen LogP contribution in [0.1, 0.15) is 56.5 Å². The SMILES string of the molecule is CC(C)(C)c1noc(C(=O)[C@H](CC(N)=O)NC(=O)[CH]CS(=O)(=O)CC2CC2)n1. The van der Waals surface area contributed by atoms with Gasteiger partial charge in [0, 0.05) is 5.41 Å². The number of hydrogen-bond donors (Lipinski definition) is 2. The van der Waals surface area contributed by atoms with Crippen LogP contribution in [0.15, 0.2) is 4.52 Å². The third kappa shape index (κ3) is 6.70. The first-order valence-electron chi connectivity index (χ1n) is 8.88. The topological polar surface area (TPSA) is 162 Å². The Balaban J connectivity index is 2.01. The number of carbonyl (C=O) groups is 3. The summed E-state index contributed by atoms with van der Waals surface area (Å²) in [5.41, 5.74) is 4.69. The molecule has 3 N–H and O–H groups in total. The van der Waals surface area contributed by atoms with Gasteiger partial charge in [-0.2, -0.15) is 4.98 Å². The summed E-state index contributed by atoms with van der Waals surface area (Å²) in [5, 5.41) is 6.03. The molecule has 1 atom stereocenters. The molecule has 0 unspecified atom stereocenters. The molecule has 1 fully saturated rings. The van der Waals surface area contributed by atoms with Crippen molar-refractivity contribution in [2.24, 2.45) is 11.7 Å². The summed E-state index contributed by atoms with van der Waals surface area (Å²) < 4.78 is 28.8. The molecular weight excluding hydrogens is 388 g/mol. The van der Waals surface area contributed by atoms with Gasteiger partial charge in [-0.1, -0.05) is 25.9 Å². The van der Waals surface area contributed by atoms with E-state index in [9.17, 15) is 22.8 Å². The molecule has 0 aromatic carbocycles. The Bertz CT molecular complexity index is 851. The Labute approximate surface area is 163 Å². The molecule has 1 aliphatic carbocycles. The monoisotopic (exact) mass is 413 g/mol. The van der Waals surface area contributed by atoms with Crippen molar-refractivity contribution in [2.75, 3.05) is 11.5 Å². The van der Waals surface area contributed by atoms with Crippen LogP contribution in [0.4, 0.5) is 0 Å². The molecule has 155 valence electrons. The standard InChI is InChI=1S/C17H25N4O6S/c1-17(2,3)16-20-15(27-21-16)14(24)11(8-12(18)22)19-13(23)6-7-28(25,26)9-10-4-5-10/h6,10-11H,4-5,7-9H2,1-3H3,(H2,18,22)(H,19,23)/t11-/m0/s1. The van der Waals surface area contributed by atoms with Crippen molar-refractivity contribution in [3.8, 4) is 0 Å². The lowest BCUT2D eigenvalue weighted by molar-refractivity contribution is -0.119. The Morgan fingerprint density at radius 2 is 1.96 bits per heavy atom. The van der Waals surface area contributed by atoms with E-state index in [-0.39, 0.29) is 23.4 Å². The number of aromatic nitrogens is 2. The highest BCUT2D eigenvalue weighted by atomic mass is 32.2. The van der Waals surface area contributed by atoms with Crippen molar-refractivity contribution in [1.82, 2.24) is 15.5 Å². The maximum Gasteiger partial charge on any atom is 0.296 e. The number of rotatable bonds is 10. The zero-order chi connectivity index (χ0) is 21.1. The molecule has 0 spiro atoms. The van der Waals surface area contributed by atoms with Gasteiger partial charge in [-0.25, -0.2) is 8.42 Å². The maximum absolute atomic E-state index is 12.6. The zero-order valence-electron chi connectivity index (χ0n) is 16.1. The van der Waals surface area contributed by atoms with Crippen LogP contribution < -0.4 is 11.1 Å². The number of nitrogens with two attached hydrogens (primary N) is 1. The summed E-state index contributed by atoms with van der Waals surface area (Å²) in [4.78, 5) is 39.9. The average Bonchev–Trinajstić information content (AvgIpc) is 3.20. The number of ketones is 1. The molecule has 1 aromatic rings. The van der Waals surface area contributed by atoms with Crippen molar-refractivity contribution in [3.63, 3.8) is 0 Å². The molecule has 0 saturated heterocycles. The van der Waals surface area contributed by atoms with E-state index in [0.29, 0.717) is 0 Å². The molecule has 1 aliphatic rings. The van der Waals surface area contributed by atoms with E-state index in [4.69, 9.17) is 10.3 Å². The second-order valence-electron chi connectivity index (χ2n) is 7.99. The van der Waals surface area contributed by atoms with E-state index in [0.717, 1.165) is 19.3 Å². The van der Waals surface area contributed by atoms with E-state index in [1.807, 2.05) is 20.8 Å². The molecular formula is C17H25N4O6S. The number of sulfone groups is 1. The number of primary amides is 1. The number of Topliss-reactive ketones (excluding diaryl/α,β-unsaturated/α-hetero) is 1. The van der Waals surface area contributed by atoms with Crippen LogP contribution in [0.25, 0.3) is 0 Å². The zero-order valence-corrected chi connectivity index (χ0v) is 16.9. The van der Waals surface area contributed by atoms with Gasteiger partial charge in [-0.15, -0.1) is 0 Å². The summed E-state index contributed by atoms with van der Waals surface area (Å²) in [6, 6.07) is -1.33. The van der Waals surface area contributed by atoms with Gasteiger partial charge in [0.2, 0.25) is 17.6 Å². The van der Waals surface area contributed by atoms with Crippen molar-refractivity contribution in [3.05, 3.63) is 18.1 Å². The molecule has 10 nitrogen and oxygen atoms in total. The van der Waals surface area contributed by atoms with E-state index in [1.54, 1.807) is 0 Å². The van der Waals surface area contributed by atoms with Crippen LogP contribution in [0.2, 0.25) is 0 Å². The predicted molar refractivity (Wildman–Crippen MR) is 98.7 cm³/mol. The molecule has 1 radical (unpaired) electrons. The van der Waals surface area contributed by atoms with Gasteiger partial charge in [-0.3, -0.25) is 14.4 Å². The van der Waals surface area contributed by atoms with E-state index >= 15 is 0 Å². The largest absolute Gasteiger partial charge is 0.370 e. The lowest BCUT2D eigenvalue weighted by Gasteiger charge is -2.14. The van der Waals surface area contributed by atoms with Crippen LogP contribution in [-0.4, -0.2) is 53.7 Å². The quantitative estimate of drug-likeness (QED) is 0.504. The van der Waals surface area contributed by atoms with Crippen molar-refractivity contribution in [2.45, 2.75) is 51.5 Å². The van der Waals surface area contributed by atoms with Crippen LogP contribution in [-0.2, 0) is 24.8 Å². The van der Waals surface area contributed by atoms with Gasteiger partial charge in [0.1, 0.15) is 6.04 Å². The van der Waals surface area contributed by atoms with E-state index in [1.165, 1.54) is 0 Å². The molecule has 1 aromatic heterocycles. The number of nitrogens with zero attached hydrogens (tertiary/aromatic N) is 2. The lowest BCUT2D eigenvalue weighted by atomic mass is 9.96. The van der Waals surface area contributed by atoms with Crippen LogP contribution in [0.3, 0.4) is 0 Å². The second kappa shape index (κ2) is 8.38. The summed E-state index contributed by atoms with van der Waals surface area (Å²) in [7, 11) is -3.39. The first-order chi connectivity index (χ1) is 12.9. The molecule has 2 amide bonds. The molecule has 2 rings (SSSR count). The van der Waals surface area contributed by atoms with Gasteiger partial charge < -0.3 is 15.6 Å². The van der Waals surface area contributed by atoms with Gasteiger partial charge in [0.15, 0.2) is 15.7 Å². The minimum absolute atomic E-state index is 0.0397. The Morgan fingerprint density at radius 1 is 1.32 bits per heavy atom. The number of amides is 2. The van der Waals surface area contributed by atoms with Crippen LogP contribution in [0.5, 0.6) is 0 Å². The van der Waals surface area contributed by atoms with Gasteiger partial charge in [0.25, 0.3) is 5.89 Å². The van der Waals surface area contributed by atoms with Crippen molar-refractivity contribution in [1.29, 1.82) is 0 Å². The van der Waals surface area contributed by atoms with Gasteiger partial charge >= 0.3 is 0 Å². The fraction of sp³-hybridized carbons (Fsp3) is 0.647. The number of nitrogens with one attached hydrogen (secondary N) is 1. The molecule has 28 heavy (non-hydrogen) atoms. The summed E-state index contributed by atoms with van der Waals surface area (Å²) in [6.07, 6.45) is 2.20. The fourth-order valence-corrected chi connectivity index (χ4v) is 3.93. The highest BCUT2D eigenvalue weighted by molar-refractivity contribution is 7.91.